The van der Waals surface area contributed by atoms with E-state index in [0.29, 0.717) is 18.2 Å². The molecule has 12 heteroatoms. The zero-order valence-electron chi connectivity index (χ0n) is 13.3. The van der Waals surface area contributed by atoms with Crippen molar-refractivity contribution in [1.29, 1.82) is 5.26 Å². The van der Waals surface area contributed by atoms with E-state index in [2.05, 4.69) is 0 Å². The maximum atomic E-state index is 14.3. The first-order chi connectivity index (χ1) is 12.8. The topological polar surface area (TPSA) is 87.4 Å². The van der Waals surface area contributed by atoms with Crippen LogP contribution in [-0.4, -0.2) is 18.8 Å². The van der Waals surface area contributed by atoms with E-state index < -0.39 is 60.7 Å². The second-order valence-corrected chi connectivity index (χ2v) is 7.64. The van der Waals surface area contributed by atoms with E-state index >= 15 is 0 Å². The predicted molar refractivity (Wildman–Crippen MR) is 79.7 cm³/mol. The minimum Gasteiger partial charge on any atom is -0.457 e. The summed E-state index contributed by atoms with van der Waals surface area (Å²) in [6.45, 7) is 0. The number of rotatable bonds is 3. The lowest BCUT2D eigenvalue weighted by Crippen LogP contribution is -2.41. The summed E-state index contributed by atoms with van der Waals surface area (Å²) >= 11 is 0. The Hall–Kier alpha value is -2.78. The zero-order chi connectivity index (χ0) is 21.1. The van der Waals surface area contributed by atoms with Gasteiger partial charge in [-0.25, -0.2) is 21.6 Å². The highest BCUT2D eigenvalue weighted by molar-refractivity contribution is 7.93. The largest absolute Gasteiger partial charge is 0.457 e. The summed E-state index contributed by atoms with van der Waals surface area (Å²) in [6, 6.07) is 4.82. The molecule has 5 nitrogen and oxygen atoms in total. The highest BCUT2D eigenvalue weighted by Gasteiger charge is 2.73. The van der Waals surface area contributed by atoms with E-state index in [9.17, 15) is 39.9 Å². The number of fused-ring (bicyclic) bond motifs is 1. The van der Waals surface area contributed by atoms with E-state index in [1.165, 1.54) is 0 Å². The van der Waals surface area contributed by atoms with Crippen LogP contribution in [0.2, 0.25) is 0 Å². The summed E-state index contributed by atoms with van der Waals surface area (Å²) in [7, 11) is -5.80. The van der Waals surface area contributed by atoms with Gasteiger partial charge < -0.3 is 9.84 Å². The Kier molecular flexibility index (Phi) is 4.36. The van der Waals surface area contributed by atoms with E-state index in [1.807, 2.05) is 0 Å². The molecular formula is C16H7F6NO4S. The number of nitriles is 1. The Morgan fingerprint density at radius 1 is 1.14 bits per heavy atom. The van der Waals surface area contributed by atoms with Crippen LogP contribution in [0.15, 0.2) is 35.2 Å². The van der Waals surface area contributed by atoms with Gasteiger partial charge in [0, 0.05) is 6.07 Å². The molecule has 2 aromatic rings. The van der Waals surface area contributed by atoms with Crippen LogP contribution in [0.4, 0.5) is 26.3 Å². The molecule has 0 amide bonds. The second kappa shape index (κ2) is 6.11. The molecule has 28 heavy (non-hydrogen) atoms. The number of nitrogens with zero attached hydrogens (tertiary/aromatic N) is 1. The van der Waals surface area contributed by atoms with Crippen molar-refractivity contribution in [3.05, 3.63) is 52.8 Å². The van der Waals surface area contributed by atoms with Gasteiger partial charge in [0.1, 0.15) is 17.3 Å². The van der Waals surface area contributed by atoms with Crippen molar-refractivity contribution in [2.75, 3.05) is 0 Å². The van der Waals surface area contributed by atoms with E-state index in [-0.39, 0.29) is 5.56 Å². The number of hydrogen-bond donors (Lipinski definition) is 1. The number of hydrogen-bond acceptors (Lipinski definition) is 5. The first kappa shape index (κ1) is 20.0. The predicted octanol–water partition coefficient (Wildman–Crippen LogP) is 3.92. The van der Waals surface area contributed by atoms with Gasteiger partial charge in [-0.3, -0.25) is 0 Å². The molecule has 1 heterocycles. The molecule has 0 radical (unpaired) electrons. The van der Waals surface area contributed by atoms with Gasteiger partial charge in [0.15, 0.2) is 0 Å². The SMILES string of the molecule is N#Cc1cc(F)cc(Oc2ccc3c(c2C(F)F)C(O)(F)C(F)(F)S3(=O)=O)c1. The van der Waals surface area contributed by atoms with Crippen molar-refractivity contribution < 1.29 is 44.6 Å². The Balaban J connectivity index is 2.26. The number of sulfone groups is 1. The third kappa shape index (κ3) is 2.61. The molecule has 1 unspecified atom stereocenters. The Morgan fingerprint density at radius 3 is 2.36 bits per heavy atom. The molecule has 1 N–H and O–H groups in total. The van der Waals surface area contributed by atoms with E-state index in [4.69, 9.17) is 10.00 Å². The van der Waals surface area contributed by atoms with Crippen LogP contribution in [0.25, 0.3) is 0 Å². The maximum Gasteiger partial charge on any atom is 0.411 e. The summed E-state index contributed by atoms with van der Waals surface area (Å²) in [5, 5.41) is 12.8. The average Bonchev–Trinajstić information content (AvgIpc) is 2.69. The highest BCUT2D eigenvalue weighted by atomic mass is 32.2. The van der Waals surface area contributed by atoms with Crippen LogP contribution >= 0.6 is 0 Å². The fraction of sp³-hybridized carbons (Fsp3) is 0.188. The molecule has 1 atom stereocenters. The zero-order valence-corrected chi connectivity index (χ0v) is 14.1. The molecule has 2 aromatic carbocycles. The van der Waals surface area contributed by atoms with Crippen molar-refractivity contribution in [1.82, 2.24) is 0 Å². The number of halogens is 6. The van der Waals surface area contributed by atoms with Gasteiger partial charge in [0.05, 0.1) is 27.7 Å². The summed E-state index contributed by atoms with van der Waals surface area (Å²) in [6.07, 6.45) is -3.75. The van der Waals surface area contributed by atoms with Gasteiger partial charge in [-0.2, -0.15) is 18.4 Å². The normalized spacial score (nSPS) is 22.0. The minimum atomic E-state index is -5.80. The molecule has 0 saturated heterocycles. The molecular weight excluding hydrogens is 416 g/mol. The van der Waals surface area contributed by atoms with Crippen molar-refractivity contribution in [3.8, 4) is 17.6 Å². The third-order valence-corrected chi connectivity index (χ3v) is 5.82. The molecule has 0 saturated carbocycles. The van der Waals surface area contributed by atoms with Crippen molar-refractivity contribution in [3.63, 3.8) is 0 Å². The first-order valence-corrected chi connectivity index (χ1v) is 8.70. The molecule has 0 aliphatic carbocycles. The number of ether oxygens (including phenoxy) is 1. The van der Waals surface area contributed by atoms with Crippen LogP contribution in [0, 0.1) is 17.1 Å². The van der Waals surface area contributed by atoms with Crippen molar-refractivity contribution in [2.24, 2.45) is 0 Å². The van der Waals surface area contributed by atoms with Gasteiger partial charge in [-0.15, -0.1) is 0 Å². The third-order valence-electron chi connectivity index (χ3n) is 3.96. The Bertz CT molecular complexity index is 1120. The standard InChI is InChI=1S/C16H7F6NO4S/c17-8-3-7(6-23)4-9(5-8)27-10-1-2-11-13(12(10)14(18)19)15(20,24)16(21,22)28(11,25)26/h1-5,14,24H. The molecule has 1 aliphatic rings. The summed E-state index contributed by atoms with van der Waals surface area (Å²) in [4.78, 5) is -1.53. The van der Waals surface area contributed by atoms with Gasteiger partial charge in [-0.05, 0) is 24.3 Å². The van der Waals surface area contributed by atoms with Gasteiger partial charge in [-0.1, -0.05) is 0 Å². The lowest BCUT2D eigenvalue weighted by Gasteiger charge is -2.22. The fourth-order valence-corrected chi connectivity index (χ4v) is 4.22. The lowest BCUT2D eigenvalue weighted by atomic mass is 10.00. The molecule has 1 aliphatic heterocycles. The number of alkyl halides is 5. The second-order valence-electron chi connectivity index (χ2n) is 5.68. The maximum absolute atomic E-state index is 14.3. The van der Waals surface area contributed by atoms with Crippen LogP contribution < -0.4 is 4.74 Å². The van der Waals surface area contributed by atoms with Crippen molar-refractivity contribution in [2.45, 2.75) is 22.4 Å². The Labute approximate surface area is 153 Å². The van der Waals surface area contributed by atoms with E-state index in [0.717, 1.165) is 12.1 Å². The summed E-state index contributed by atoms with van der Waals surface area (Å²) in [5.41, 5.74) is -3.78. The van der Waals surface area contributed by atoms with Crippen molar-refractivity contribution >= 4 is 9.84 Å². The van der Waals surface area contributed by atoms with Crippen LogP contribution in [-0.2, 0) is 15.7 Å². The number of benzene rings is 2. The summed E-state index contributed by atoms with van der Waals surface area (Å²) < 4.78 is 111. The monoisotopic (exact) mass is 423 g/mol. The minimum absolute atomic E-state index is 0.272. The molecule has 0 spiro atoms. The lowest BCUT2D eigenvalue weighted by molar-refractivity contribution is -0.214. The quantitative estimate of drug-likeness (QED) is 0.757. The van der Waals surface area contributed by atoms with Gasteiger partial charge in [0.2, 0.25) is 9.84 Å². The van der Waals surface area contributed by atoms with Gasteiger partial charge >= 0.3 is 11.1 Å². The molecule has 3 rings (SSSR count). The molecule has 0 bridgehead atoms. The summed E-state index contributed by atoms with van der Waals surface area (Å²) in [5.74, 6) is -7.47. The highest BCUT2D eigenvalue weighted by Crippen LogP contribution is 2.57. The van der Waals surface area contributed by atoms with Crippen LogP contribution in [0.1, 0.15) is 23.1 Å². The van der Waals surface area contributed by atoms with Crippen LogP contribution in [0.3, 0.4) is 0 Å². The molecule has 0 fully saturated rings. The number of aliphatic hydroxyl groups is 1. The fourth-order valence-electron chi connectivity index (χ4n) is 2.73. The molecule has 148 valence electrons. The average molecular weight is 423 g/mol. The van der Waals surface area contributed by atoms with E-state index in [1.54, 1.807) is 6.07 Å². The van der Waals surface area contributed by atoms with Gasteiger partial charge in [0.25, 0.3) is 6.43 Å². The smallest absolute Gasteiger partial charge is 0.411 e. The Morgan fingerprint density at radius 2 is 1.79 bits per heavy atom. The first-order valence-electron chi connectivity index (χ1n) is 7.22. The molecule has 0 aromatic heterocycles. The van der Waals surface area contributed by atoms with Crippen LogP contribution in [0.5, 0.6) is 11.5 Å².